The Morgan fingerprint density at radius 2 is 2.44 bits per heavy atom. The average molecular weight is 246 g/mol. The topological polar surface area (TPSA) is 42.5 Å². The van der Waals surface area contributed by atoms with E-state index in [1.807, 2.05) is 6.92 Å². The van der Waals surface area contributed by atoms with Crippen molar-refractivity contribution in [1.82, 2.24) is 10.6 Å². The van der Waals surface area contributed by atoms with Crippen LogP contribution in [0.2, 0.25) is 0 Å². The molecule has 2 unspecified atom stereocenters. The Balaban J connectivity index is 2.09. The second-order valence-corrected chi connectivity index (χ2v) is 4.70. The van der Waals surface area contributed by atoms with Crippen molar-refractivity contribution in [1.29, 1.82) is 0 Å². The zero-order chi connectivity index (χ0) is 11.8. The quantitative estimate of drug-likeness (QED) is 0.706. The number of hydrogen-bond acceptors (Lipinski definition) is 3. The second-order valence-electron chi connectivity index (χ2n) is 4.29. The van der Waals surface area contributed by atoms with E-state index in [-0.39, 0.29) is 6.04 Å². The third-order valence-corrected chi connectivity index (χ3v) is 2.86. The van der Waals surface area contributed by atoms with Crippen LogP contribution < -0.4 is 10.6 Å². The molecule has 0 spiro atoms. The summed E-state index contributed by atoms with van der Waals surface area (Å²) in [5, 5.41) is 7.11. The lowest BCUT2D eigenvalue weighted by Gasteiger charge is -2.23. The number of methoxy groups -OCH3 is 1. The van der Waals surface area contributed by atoms with E-state index < -0.39 is 0 Å². The van der Waals surface area contributed by atoms with Gasteiger partial charge in [-0.25, -0.2) is 0 Å². The summed E-state index contributed by atoms with van der Waals surface area (Å²) in [4.78, 5) is 0. The van der Waals surface area contributed by atoms with Gasteiger partial charge in [0.15, 0.2) is 5.11 Å². The highest BCUT2D eigenvalue weighted by atomic mass is 32.1. The van der Waals surface area contributed by atoms with Gasteiger partial charge < -0.3 is 20.1 Å². The van der Waals surface area contributed by atoms with E-state index in [0.29, 0.717) is 17.6 Å². The molecule has 5 heteroatoms. The van der Waals surface area contributed by atoms with Gasteiger partial charge in [-0.2, -0.15) is 0 Å². The van der Waals surface area contributed by atoms with Crippen molar-refractivity contribution in [3.05, 3.63) is 0 Å². The van der Waals surface area contributed by atoms with Crippen LogP contribution >= 0.6 is 12.2 Å². The zero-order valence-electron chi connectivity index (χ0n) is 10.1. The van der Waals surface area contributed by atoms with E-state index in [4.69, 9.17) is 21.7 Å². The molecule has 0 aromatic rings. The first kappa shape index (κ1) is 13.7. The molecule has 4 nitrogen and oxygen atoms in total. The fourth-order valence-electron chi connectivity index (χ4n) is 1.77. The van der Waals surface area contributed by atoms with Crippen LogP contribution in [0.25, 0.3) is 0 Å². The highest BCUT2D eigenvalue weighted by Gasteiger charge is 2.14. The Bertz CT molecular complexity index is 208. The lowest BCUT2D eigenvalue weighted by atomic mass is 10.0. The summed E-state index contributed by atoms with van der Waals surface area (Å²) in [6.45, 7) is 5.36. The molecule has 94 valence electrons. The number of hydrogen-bond donors (Lipinski definition) is 2. The molecular weight excluding hydrogens is 224 g/mol. The van der Waals surface area contributed by atoms with Crippen LogP contribution in [0.5, 0.6) is 0 Å². The summed E-state index contributed by atoms with van der Waals surface area (Å²) in [6, 6.07) is 0.243. The smallest absolute Gasteiger partial charge is 0.166 e. The second kappa shape index (κ2) is 7.81. The zero-order valence-corrected chi connectivity index (χ0v) is 10.9. The summed E-state index contributed by atoms with van der Waals surface area (Å²) in [6.07, 6.45) is 2.38. The van der Waals surface area contributed by atoms with Crippen molar-refractivity contribution in [2.75, 3.05) is 33.5 Å². The molecule has 0 aromatic heterocycles. The maximum Gasteiger partial charge on any atom is 0.166 e. The molecule has 1 saturated heterocycles. The fourth-order valence-corrected chi connectivity index (χ4v) is 2.06. The molecule has 0 aromatic carbocycles. The first-order valence-corrected chi connectivity index (χ1v) is 6.24. The Labute approximate surface area is 103 Å². The van der Waals surface area contributed by atoms with Gasteiger partial charge in [0.1, 0.15) is 0 Å². The van der Waals surface area contributed by atoms with Crippen LogP contribution in [-0.2, 0) is 9.47 Å². The van der Waals surface area contributed by atoms with Gasteiger partial charge >= 0.3 is 0 Å². The number of nitrogens with one attached hydrogen (secondary N) is 2. The molecule has 0 radical (unpaired) electrons. The molecule has 1 fully saturated rings. The predicted molar refractivity (Wildman–Crippen MR) is 68.6 cm³/mol. The lowest BCUT2D eigenvalue weighted by molar-refractivity contribution is 0.0564. The van der Waals surface area contributed by atoms with Crippen molar-refractivity contribution in [3.63, 3.8) is 0 Å². The van der Waals surface area contributed by atoms with Crippen molar-refractivity contribution in [3.8, 4) is 0 Å². The highest BCUT2D eigenvalue weighted by Crippen LogP contribution is 2.11. The minimum absolute atomic E-state index is 0.243. The summed E-state index contributed by atoms with van der Waals surface area (Å²) >= 11 is 5.19. The lowest BCUT2D eigenvalue weighted by Crippen LogP contribution is -2.44. The molecule has 0 saturated carbocycles. The van der Waals surface area contributed by atoms with E-state index in [0.717, 1.165) is 26.2 Å². The van der Waals surface area contributed by atoms with Crippen LogP contribution in [0.1, 0.15) is 19.8 Å². The molecule has 1 heterocycles. The largest absolute Gasteiger partial charge is 0.383 e. The van der Waals surface area contributed by atoms with Crippen molar-refractivity contribution < 1.29 is 9.47 Å². The first-order valence-electron chi connectivity index (χ1n) is 5.83. The maximum atomic E-state index is 5.41. The van der Waals surface area contributed by atoms with Crippen molar-refractivity contribution in [2.45, 2.75) is 25.8 Å². The fraction of sp³-hybridized carbons (Fsp3) is 0.909. The highest BCUT2D eigenvalue weighted by molar-refractivity contribution is 7.80. The van der Waals surface area contributed by atoms with Crippen LogP contribution in [-0.4, -0.2) is 44.6 Å². The standard InChI is InChI=1S/C11H22N2O2S/c1-9(7-14-2)13-11(16)12-6-10-4-3-5-15-8-10/h9-10H,3-8H2,1-2H3,(H2,12,13,16). The molecule has 0 amide bonds. The number of rotatable bonds is 5. The van der Waals surface area contributed by atoms with Gasteiger partial charge in [-0.05, 0) is 37.9 Å². The normalized spacial score (nSPS) is 22.5. The van der Waals surface area contributed by atoms with Crippen molar-refractivity contribution in [2.24, 2.45) is 5.92 Å². The van der Waals surface area contributed by atoms with Gasteiger partial charge in [0.05, 0.1) is 13.2 Å². The van der Waals surface area contributed by atoms with Gasteiger partial charge in [-0.15, -0.1) is 0 Å². The van der Waals surface area contributed by atoms with Gasteiger partial charge in [-0.3, -0.25) is 0 Å². The summed E-state index contributed by atoms with van der Waals surface area (Å²) in [7, 11) is 1.69. The minimum Gasteiger partial charge on any atom is -0.383 e. The average Bonchev–Trinajstić information content (AvgIpc) is 2.28. The summed E-state index contributed by atoms with van der Waals surface area (Å²) < 4.78 is 10.4. The number of thiocarbonyl (C=S) groups is 1. The van der Waals surface area contributed by atoms with Crippen LogP contribution in [0.3, 0.4) is 0 Å². The monoisotopic (exact) mass is 246 g/mol. The maximum absolute atomic E-state index is 5.41. The van der Waals surface area contributed by atoms with E-state index in [1.54, 1.807) is 7.11 Å². The van der Waals surface area contributed by atoms with E-state index in [9.17, 15) is 0 Å². The SMILES string of the molecule is COCC(C)NC(=S)NCC1CCCOC1. The minimum atomic E-state index is 0.243. The molecule has 2 N–H and O–H groups in total. The Morgan fingerprint density at radius 3 is 3.06 bits per heavy atom. The molecule has 0 bridgehead atoms. The van der Waals surface area contributed by atoms with Crippen LogP contribution in [0.15, 0.2) is 0 Å². The van der Waals surface area contributed by atoms with E-state index >= 15 is 0 Å². The molecule has 2 atom stereocenters. The third-order valence-electron chi connectivity index (χ3n) is 2.60. The molecule has 0 aliphatic carbocycles. The summed E-state index contributed by atoms with van der Waals surface area (Å²) in [5.74, 6) is 0.589. The van der Waals surface area contributed by atoms with Gasteiger partial charge in [0.2, 0.25) is 0 Å². The van der Waals surface area contributed by atoms with Gasteiger partial charge in [0.25, 0.3) is 0 Å². The number of ether oxygens (including phenoxy) is 2. The van der Waals surface area contributed by atoms with Crippen LogP contribution in [0.4, 0.5) is 0 Å². The van der Waals surface area contributed by atoms with E-state index in [2.05, 4.69) is 10.6 Å². The predicted octanol–water partition coefficient (Wildman–Crippen LogP) is 0.912. The Kier molecular flexibility index (Phi) is 6.68. The Hall–Kier alpha value is -0.390. The molecule has 1 aliphatic heterocycles. The van der Waals surface area contributed by atoms with Crippen molar-refractivity contribution >= 4 is 17.3 Å². The Morgan fingerprint density at radius 1 is 1.62 bits per heavy atom. The summed E-state index contributed by atoms with van der Waals surface area (Å²) in [5.41, 5.74) is 0. The first-order chi connectivity index (χ1) is 7.72. The molecule has 16 heavy (non-hydrogen) atoms. The van der Waals surface area contributed by atoms with Crippen LogP contribution in [0, 0.1) is 5.92 Å². The molecule has 1 aliphatic rings. The van der Waals surface area contributed by atoms with Gasteiger partial charge in [0, 0.05) is 26.3 Å². The molecule has 1 rings (SSSR count). The third kappa shape index (κ3) is 5.63. The van der Waals surface area contributed by atoms with Gasteiger partial charge in [-0.1, -0.05) is 0 Å². The molecular formula is C11H22N2O2S. The van der Waals surface area contributed by atoms with E-state index in [1.165, 1.54) is 6.42 Å².